The van der Waals surface area contributed by atoms with Gasteiger partial charge >= 0.3 is 5.97 Å². The zero-order chi connectivity index (χ0) is 14.6. The highest BCUT2D eigenvalue weighted by Gasteiger charge is 2.27. The van der Waals surface area contributed by atoms with E-state index in [-0.39, 0.29) is 24.4 Å². The number of carbonyl (C=O) groups excluding carboxylic acids is 1. The summed E-state index contributed by atoms with van der Waals surface area (Å²) in [4.78, 5) is 24.0. The standard InChI is InChI=1S/C14H18FNO3/c1-14(2,9-13(18)19)8-12(17)16(3)11-7-5-4-6-10(11)15/h4-7H,8-9H2,1-3H3,(H,18,19). The van der Waals surface area contributed by atoms with E-state index in [1.807, 2.05) is 0 Å². The molecule has 5 heteroatoms. The van der Waals surface area contributed by atoms with E-state index in [9.17, 15) is 14.0 Å². The summed E-state index contributed by atoms with van der Waals surface area (Å²) in [5, 5.41) is 8.78. The van der Waals surface area contributed by atoms with E-state index in [0.29, 0.717) is 0 Å². The number of rotatable bonds is 5. The van der Waals surface area contributed by atoms with Gasteiger partial charge in [-0.3, -0.25) is 9.59 Å². The van der Waals surface area contributed by atoms with Gasteiger partial charge in [-0.2, -0.15) is 0 Å². The van der Waals surface area contributed by atoms with Crippen molar-refractivity contribution in [2.24, 2.45) is 5.41 Å². The van der Waals surface area contributed by atoms with Crippen LogP contribution in [0.1, 0.15) is 26.7 Å². The topological polar surface area (TPSA) is 57.6 Å². The lowest BCUT2D eigenvalue weighted by Gasteiger charge is -2.25. The second kappa shape index (κ2) is 5.82. The fourth-order valence-corrected chi connectivity index (χ4v) is 1.86. The highest BCUT2D eigenvalue weighted by atomic mass is 19.1. The Balaban J connectivity index is 2.79. The van der Waals surface area contributed by atoms with E-state index in [0.717, 1.165) is 0 Å². The van der Waals surface area contributed by atoms with Gasteiger partial charge in [-0.15, -0.1) is 0 Å². The lowest BCUT2D eigenvalue weighted by atomic mass is 9.85. The van der Waals surface area contributed by atoms with Gasteiger partial charge in [0.2, 0.25) is 5.91 Å². The third-order valence-electron chi connectivity index (χ3n) is 2.85. The van der Waals surface area contributed by atoms with Gasteiger partial charge in [-0.1, -0.05) is 26.0 Å². The highest BCUT2D eigenvalue weighted by molar-refractivity contribution is 5.93. The molecule has 1 aromatic rings. The molecule has 104 valence electrons. The van der Waals surface area contributed by atoms with E-state index < -0.39 is 17.2 Å². The van der Waals surface area contributed by atoms with Crippen LogP contribution in [0.25, 0.3) is 0 Å². The van der Waals surface area contributed by atoms with Crippen LogP contribution in [0.15, 0.2) is 24.3 Å². The summed E-state index contributed by atoms with van der Waals surface area (Å²) < 4.78 is 13.6. The first kappa shape index (κ1) is 15.1. The van der Waals surface area contributed by atoms with Crippen molar-refractivity contribution < 1.29 is 19.1 Å². The molecule has 0 aromatic heterocycles. The fraction of sp³-hybridized carbons (Fsp3) is 0.429. The van der Waals surface area contributed by atoms with E-state index in [1.54, 1.807) is 26.0 Å². The molecule has 0 saturated heterocycles. The van der Waals surface area contributed by atoms with Gasteiger partial charge in [-0.05, 0) is 17.5 Å². The molecular weight excluding hydrogens is 249 g/mol. The predicted octanol–water partition coefficient (Wildman–Crippen LogP) is 2.68. The van der Waals surface area contributed by atoms with E-state index >= 15 is 0 Å². The molecule has 0 heterocycles. The first-order valence-electron chi connectivity index (χ1n) is 5.96. The maximum absolute atomic E-state index is 13.6. The molecule has 1 rings (SSSR count). The number of benzene rings is 1. The number of carboxylic acid groups (broad SMARTS) is 1. The van der Waals surface area contributed by atoms with Crippen molar-refractivity contribution in [1.82, 2.24) is 0 Å². The first-order chi connectivity index (χ1) is 8.73. The molecule has 0 radical (unpaired) electrons. The van der Waals surface area contributed by atoms with Crippen molar-refractivity contribution in [2.45, 2.75) is 26.7 Å². The normalized spacial score (nSPS) is 11.2. The summed E-state index contributed by atoms with van der Waals surface area (Å²) in [6.45, 7) is 3.41. The van der Waals surface area contributed by atoms with Crippen molar-refractivity contribution in [1.29, 1.82) is 0 Å². The average molecular weight is 267 g/mol. The minimum absolute atomic E-state index is 0.0458. The SMILES string of the molecule is CN(C(=O)CC(C)(C)CC(=O)O)c1ccccc1F. The van der Waals surface area contributed by atoms with Crippen molar-refractivity contribution in [3.05, 3.63) is 30.1 Å². The highest BCUT2D eigenvalue weighted by Crippen LogP contribution is 2.27. The monoisotopic (exact) mass is 267 g/mol. The Morgan fingerprint density at radius 3 is 2.37 bits per heavy atom. The smallest absolute Gasteiger partial charge is 0.303 e. The van der Waals surface area contributed by atoms with Gasteiger partial charge in [0.1, 0.15) is 5.82 Å². The number of hydrogen-bond acceptors (Lipinski definition) is 2. The largest absolute Gasteiger partial charge is 0.481 e. The third-order valence-corrected chi connectivity index (χ3v) is 2.85. The van der Waals surface area contributed by atoms with Gasteiger partial charge < -0.3 is 10.0 Å². The molecule has 0 saturated carbocycles. The Morgan fingerprint density at radius 2 is 1.84 bits per heavy atom. The Labute approximate surface area is 111 Å². The number of amides is 1. The number of para-hydroxylation sites is 1. The molecule has 0 fully saturated rings. The van der Waals surface area contributed by atoms with E-state index in [4.69, 9.17) is 5.11 Å². The minimum atomic E-state index is -0.952. The van der Waals surface area contributed by atoms with Crippen LogP contribution in [0.4, 0.5) is 10.1 Å². The summed E-state index contributed by atoms with van der Waals surface area (Å²) in [7, 11) is 1.48. The zero-order valence-corrected chi connectivity index (χ0v) is 11.3. The molecule has 4 nitrogen and oxygen atoms in total. The Kier molecular flexibility index (Phi) is 4.64. The van der Waals surface area contributed by atoms with Crippen molar-refractivity contribution in [2.75, 3.05) is 11.9 Å². The van der Waals surface area contributed by atoms with Crippen LogP contribution in [0.2, 0.25) is 0 Å². The summed E-state index contributed by atoms with van der Waals surface area (Å²) in [5.41, 5.74) is -0.471. The van der Waals surface area contributed by atoms with Crippen LogP contribution >= 0.6 is 0 Å². The van der Waals surface area contributed by atoms with Crippen LogP contribution in [-0.4, -0.2) is 24.0 Å². The molecule has 1 aromatic carbocycles. The summed E-state index contributed by atoms with van der Waals surface area (Å²) in [6, 6.07) is 5.98. The van der Waals surface area contributed by atoms with Crippen LogP contribution in [0.5, 0.6) is 0 Å². The van der Waals surface area contributed by atoms with Gasteiger partial charge in [0.15, 0.2) is 0 Å². The zero-order valence-electron chi connectivity index (χ0n) is 11.3. The number of carbonyl (C=O) groups is 2. The number of aliphatic carboxylic acids is 1. The fourth-order valence-electron chi connectivity index (χ4n) is 1.86. The lowest BCUT2D eigenvalue weighted by molar-refractivity contribution is -0.139. The van der Waals surface area contributed by atoms with E-state index in [2.05, 4.69) is 0 Å². The number of carboxylic acids is 1. The molecule has 19 heavy (non-hydrogen) atoms. The molecule has 0 bridgehead atoms. The van der Waals surface area contributed by atoms with Crippen molar-refractivity contribution in [3.8, 4) is 0 Å². The number of halogens is 1. The van der Waals surface area contributed by atoms with Crippen LogP contribution in [-0.2, 0) is 9.59 Å². The molecule has 0 aliphatic heterocycles. The lowest BCUT2D eigenvalue weighted by Crippen LogP contribution is -2.32. The third kappa shape index (κ3) is 4.35. The van der Waals surface area contributed by atoms with Gasteiger partial charge in [-0.25, -0.2) is 4.39 Å². The number of hydrogen-bond donors (Lipinski definition) is 1. The molecular formula is C14H18FNO3. The molecule has 1 N–H and O–H groups in total. The summed E-state index contributed by atoms with van der Waals surface area (Å²) in [6.07, 6.45) is -0.0615. The quantitative estimate of drug-likeness (QED) is 0.892. The molecule has 0 aliphatic rings. The minimum Gasteiger partial charge on any atom is -0.481 e. The van der Waals surface area contributed by atoms with Gasteiger partial charge in [0, 0.05) is 13.5 Å². The number of anilines is 1. The molecule has 0 unspecified atom stereocenters. The maximum Gasteiger partial charge on any atom is 0.303 e. The Morgan fingerprint density at radius 1 is 1.26 bits per heavy atom. The first-order valence-corrected chi connectivity index (χ1v) is 5.96. The second-order valence-corrected chi connectivity index (χ2v) is 5.32. The van der Waals surface area contributed by atoms with Gasteiger partial charge in [0.25, 0.3) is 0 Å². The molecule has 0 aliphatic carbocycles. The maximum atomic E-state index is 13.6. The van der Waals surface area contributed by atoms with Crippen LogP contribution in [0, 0.1) is 11.2 Å². The molecule has 0 spiro atoms. The Bertz CT molecular complexity index is 485. The Hall–Kier alpha value is -1.91. The average Bonchev–Trinajstić information content (AvgIpc) is 2.26. The second-order valence-electron chi connectivity index (χ2n) is 5.32. The van der Waals surface area contributed by atoms with Crippen LogP contribution < -0.4 is 4.90 Å². The van der Waals surface area contributed by atoms with Crippen molar-refractivity contribution in [3.63, 3.8) is 0 Å². The molecule has 1 amide bonds. The van der Waals surface area contributed by atoms with Gasteiger partial charge in [0.05, 0.1) is 12.1 Å². The summed E-state index contributed by atoms with van der Waals surface area (Å²) >= 11 is 0. The van der Waals surface area contributed by atoms with Crippen molar-refractivity contribution >= 4 is 17.6 Å². The number of nitrogens with zero attached hydrogens (tertiary/aromatic N) is 1. The summed E-state index contributed by atoms with van der Waals surface area (Å²) in [5.74, 6) is -1.74. The predicted molar refractivity (Wildman–Crippen MR) is 70.5 cm³/mol. The van der Waals surface area contributed by atoms with E-state index in [1.165, 1.54) is 24.1 Å². The molecule has 0 atom stereocenters. The van der Waals surface area contributed by atoms with Crippen LogP contribution in [0.3, 0.4) is 0 Å².